The van der Waals surface area contributed by atoms with Gasteiger partial charge in [0.15, 0.2) is 0 Å². The minimum Gasteiger partial charge on any atom is -0.330 e. The molecule has 0 aromatic carbocycles. The summed E-state index contributed by atoms with van der Waals surface area (Å²) in [6, 6.07) is 0. The third-order valence-electron chi connectivity index (χ3n) is 4.30. The van der Waals surface area contributed by atoms with E-state index in [0.29, 0.717) is 30.7 Å². The highest BCUT2D eigenvalue weighted by atomic mass is 16.7. The Morgan fingerprint density at radius 3 is 2.04 bits per heavy atom. The maximum Gasteiger partial charge on any atom is 0.336 e. The number of amides is 4. The molecule has 0 atom stereocenters. The quantitative estimate of drug-likeness (QED) is 0.701. The monoisotopic (exact) mass is 332 g/mol. The van der Waals surface area contributed by atoms with Gasteiger partial charge in [0.05, 0.1) is 5.92 Å². The Labute approximate surface area is 137 Å². The molecule has 2 heterocycles. The summed E-state index contributed by atoms with van der Waals surface area (Å²) in [5.41, 5.74) is 0.901. The van der Waals surface area contributed by atoms with Gasteiger partial charge in [-0.1, -0.05) is 5.57 Å². The van der Waals surface area contributed by atoms with Crippen molar-refractivity contribution in [2.24, 2.45) is 5.92 Å². The van der Waals surface area contributed by atoms with E-state index in [9.17, 15) is 24.0 Å². The number of carbonyl (C=O) groups is 5. The Balaban J connectivity index is 1.54. The fourth-order valence-corrected chi connectivity index (χ4v) is 2.90. The molecule has 0 bridgehead atoms. The first-order valence-corrected chi connectivity index (χ1v) is 7.78. The average molecular weight is 332 g/mol. The molecule has 3 aliphatic rings. The Morgan fingerprint density at radius 1 is 0.958 bits per heavy atom. The van der Waals surface area contributed by atoms with Gasteiger partial charge in [0, 0.05) is 31.2 Å². The van der Waals surface area contributed by atoms with Gasteiger partial charge in [0.1, 0.15) is 0 Å². The Morgan fingerprint density at radius 2 is 1.50 bits per heavy atom. The van der Waals surface area contributed by atoms with E-state index >= 15 is 0 Å². The van der Waals surface area contributed by atoms with Crippen LogP contribution in [0.3, 0.4) is 0 Å². The molecule has 0 aromatic heterocycles. The summed E-state index contributed by atoms with van der Waals surface area (Å²) in [5, 5.41) is 0.556. The second-order valence-electron chi connectivity index (χ2n) is 5.93. The van der Waals surface area contributed by atoms with E-state index in [1.54, 1.807) is 0 Å². The Hall–Kier alpha value is -2.77. The Kier molecular flexibility index (Phi) is 4.28. The van der Waals surface area contributed by atoms with E-state index in [2.05, 4.69) is 0 Å². The fraction of sp³-hybridized carbons (Fsp3) is 0.438. The molecule has 2 fully saturated rings. The number of allylic oxidation sites excluding steroid dienone is 1. The lowest BCUT2D eigenvalue weighted by Crippen LogP contribution is -2.35. The lowest BCUT2D eigenvalue weighted by atomic mass is 9.86. The van der Waals surface area contributed by atoms with Crippen LogP contribution in [0.15, 0.2) is 23.9 Å². The largest absolute Gasteiger partial charge is 0.336 e. The van der Waals surface area contributed by atoms with Gasteiger partial charge in [-0.05, 0) is 25.7 Å². The molecule has 8 heteroatoms. The van der Waals surface area contributed by atoms with Crippen molar-refractivity contribution in [1.29, 1.82) is 0 Å². The van der Waals surface area contributed by atoms with E-state index in [1.165, 1.54) is 18.4 Å². The molecule has 3 rings (SSSR count). The maximum absolute atomic E-state index is 12.1. The molecule has 0 unspecified atom stereocenters. The molecule has 24 heavy (non-hydrogen) atoms. The zero-order valence-corrected chi connectivity index (χ0v) is 12.9. The van der Waals surface area contributed by atoms with Gasteiger partial charge >= 0.3 is 5.97 Å². The maximum atomic E-state index is 12.1. The van der Waals surface area contributed by atoms with Crippen molar-refractivity contribution in [1.82, 2.24) is 9.96 Å². The molecule has 2 aliphatic heterocycles. The van der Waals surface area contributed by atoms with Crippen LogP contribution in [0, 0.1) is 5.92 Å². The van der Waals surface area contributed by atoms with Crippen LogP contribution in [-0.2, 0) is 28.8 Å². The number of hydrogen-bond donors (Lipinski definition) is 0. The zero-order valence-electron chi connectivity index (χ0n) is 12.9. The summed E-state index contributed by atoms with van der Waals surface area (Å²) < 4.78 is 0. The molecule has 4 amide bonds. The van der Waals surface area contributed by atoms with Crippen molar-refractivity contribution in [2.75, 3.05) is 0 Å². The highest BCUT2D eigenvalue weighted by molar-refractivity contribution is 6.13. The van der Waals surface area contributed by atoms with E-state index < -0.39 is 23.7 Å². The predicted molar refractivity (Wildman–Crippen MR) is 78.2 cm³/mol. The molecule has 0 N–H and O–H groups in total. The minimum absolute atomic E-state index is 0.0651. The number of carbonyl (C=O) groups excluding carboxylic acids is 5. The lowest BCUT2D eigenvalue weighted by molar-refractivity contribution is -0.201. The smallest absolute Gasteiger partial charge is 0.330 e. The van der Waals surface area contributed by atoms with Gasteiger partial charge in [-0.25, -0.2) is 4.79 Å². The van der Waals surface area contributed by atoms with Gasteiger partial charge in [-0.15, -0.1) is 5.06 Å². The lowest BCUT2D eigenvalue weighted by Gasteiger charge is -2.24. The fourth-order valence-electron chi connectivity index (χ4n) is 2.90. The van der Waals surface area contributed by atoms with Crippen LogP contribution >= 0.6 is 0 Å². The van der Waals surface area contributed by atoms with Crippen molar-refractivity contribution in [3.05, 3.63) is 23.9 Å². The van der Waals surface area contributed by atoms with E-state index in [1.807, 2.05) is 0 Å². The SMILES string of the molecule is O=C(ON1C(=O)CCC1=O)C1CCC(=CN2C(=O)C=CC2=O)CC1. The molecule has 1 saturated carbocycles. The third kappa shape index (κ3) is 3.12. The first-order valence-electron chi connectivity index (χ1n) is 7.78. The van der Waals surface area contributed by atoms with E-state index in [0.717, 1.165) is 10.5 Å². The van der Waals surface area contributed by atoms with Crippen LogP contribution < -0.4 is 0 Å². The van der Waals surface area contributed by atoms with E-state index in [4.69, 9.17) is 4.84 Å². The van der Waals surface area contributed by atoms with E-state index in [-0.39, 0.29) is 24.7 Å². The molecular formula is C16H16N2O6. The topological polar surface area (TPSA) is 101 Å². The highest BCUT2D eigenvalue weighted by Gasteiger charge is 2.35. The van der Waals surface area contributed by atoms with Crippen molar-refractivity contribution in [2.45, 2.75) is 38.5 Å². The average Bonchev–Trinajstić information content (AvgIpc) is 3.05. The molecule has 1 saturated heterocycles. The number of hydrogen-bond acceptors (Lipinski definition) is 6. The second-order valence-corrected chi connectivity index (χ2v) is 5.93. The van der Waals surface area contributed by atoms with Crippen LogP contribution in [0.2, 0.25) is 0 Å². The molecule has 1 aliphatic carbocycles. The van der Waals surface area contributed by atoms with Gasteiger partial charge in [0.25, 0.3) is 23.6 Å². The molecule has 0 aromatic rings. The summed E-state index contributed by atoms with van der Waals surface area (Å²) in [5.74, 6) is -2.74. The first kappa shape index (κ1) is 16.1. The second kappa shape index (κ2) is 6.38. The van der Waals surface area contributed by atoms with Gasteiger partial charge < -0.3 is 4.84 Å². The normalized spacial score (nSPS) is 24.2. The van der Waals surface area contributed by atoms with Crippen LogP contribution in [0.5, 0.6) is 0 Å². The summed E-state index contributed by atoms with van der Waals surface area (Å²) in [4.78, 5) is 64.0. The molecule has 8 nitrogen and oxygen atoms in total. The van der Waals surface area contributed by atoms with Crippen LogP contribution in [0.4, 0.5) is 0 Å². The summed E-state index contributed by atoms with van der Waals surface area (Å²) in [6.45, 7) is 0. The summed E-state index contributed by atoms with van der Waals surface area (Å²) >= 11 is 0. The van der Waals surface area contributed by atoms with Gasteiger partial charge in [-0.3, -0.25) is 24.1 Å². The van der Waals surface area contributed by atoms with Crippen molar-refractivity contribution >= 4 is 29.6 Å². The number of rotatable bonds is 3. The molecule has 0 spiro atoms. The van der Waals surface area contributed by atoms with Crippen molar-refractivity contribution < 1.29 is 28.8 Å². The molecule has 126 valence electrons. The number of hydroxylamine groups is 2. The Bertz CT molecular complexity index is 649. The summed E-state index contributed by atoms with van der Waals surface area (Å²) in [7, 11) is 0. The summed E-state index contributed by atoms with van der Waals surface area (Å²) in [6.07, 6.45) is 6.12. The molecule has 0 radical (unpaired) electrons. The number of imide groups is 2. The zero-order chi connectivity index (χ0) is 17.3. The third-order valence-corrected chi connectivity index (χ3v) is 4.30. The predicted octanol–water partition coefficient (Wildman–Crippen LogP) is 0.593. The van der Waals surface area contributed by atoms with Crippen molar-refractivity contribution in [3.63, 3.8) is 0 Å². The molecular weight excluding hydrogens is 316 g/mol. The first-order chi connectivity index (χ1) is 11.5. The number of nitrogens with zero attached hydrogens (tertiary/aromatic N) is 2. The van der Waals surface area contributed by atoms with Crippen LogP contribution in [0.1, 0.15) is 38.5 Å². The standard InChI is InChI=1S/C16H16N2O6/c19-12-5-6-13(20)17(12)9-10-1-3-11(4-2-10)16(23)24-18-14(21)7-8-15(18)22/h5-6,9,11H,1-4,7-8H2. The van der Waals surface area contributed by atoms with Gasteiger partial charge in [-0.2, -0.15) is 0 Å². The van der Waals surface area contributed by atoms with Crippen molar-refractivity contribution in [3.8, 4) is 0 Å². The highest BCUT2D eigenvalue weighted by Crippen LogP contribution is 2.30. The van der Waals surface area contributed by atoms with Crippen LogP contribution in [0.25, 0.3) is 0 Å². The minimum atomic E-state index is -0.590. The van der Waals surface area contributed by atoms with Gasteiger partial charge in [0.2, 0.25) is 0 Å². The van der Waals surface area contributed by atoms with Crippen LogP contribution in [-0.4, -0.2) is 39.6 Å².